The van der Waals surface area contributed by atoms with E-state index in [1.54, 1.807) is 0 Å². The fraction of sp³-hybridized carbons (Fsp3) is 0.867. The molecule has 2 fully saturated rings. The summed E-state index contributed by atoms with van der Waals surface area (Å²) in [5.74, 6) is 0.173. The third kappa shape index (κ3) is 3.02. The number of hydrogen-bond acceptors (Lipinski definition) is 3. The zero-order valence-electron chi connectivity index (χ0n) is 12.2. The lowest BCUT2D eigenvalue weighted by molar-refractivity contribution is -0.00126. The highest BCUT2D eigenvalue weighted by molar-refractivity contribution is 5.69. The predicted octanol–water partition coefficient (Wildman–Crippen LogP) is 3.47. The number of carbonyl (C=O) groups is 1. The first kappa shape index (κ1) is 14.2. The van der Waals surface area contributed by atoms with Gasteiger partial charge in [0.05, 0.1) is 6.07 Å². The maximum atomic E-state index is 12.3. The van der Waals surface area contributed by atoms with Crippen molar-refractivity contribution in [2.24, 2.45) is 5.92 Å². The van der Waals surface area contributed by atoms with E-state index in [-0.39, 0.29) is 17.6 Å². The van der Waals surface area contributed by atoms with Crippen LogP contribution in [0.25, 0.3) is 0 Å². The molecule has 1 aliphatic heterocycles. The van der Waals surface area contributed by atoms with Gasteiger partial charge in [0.25, 0.3) is 0 Å². The number of nitrogens with zero attached hydrogens (tertiary/aromatic N) is 2. The van der Waals surface area contributed by atoms with Crippen LogP contribution in [0.1, 0.15) is 59.3 Å². The van der Waals surface area contributed by atoms with Gasteiger partial charge in [0.15, 0.2) is 0 Å². The van der Waals surface area contributed by atoms with E-state index in [0.29, 0.717) is 0 Å². The van der Waals surface area contributed by atoms with E-state index < -0.39 is 5.60 Å². The van der Waals surface area contributed by atoms with Crippen LogP contribution in [0.4, 0.5) is 4.79 Å². The molecule has 106 valence electrons. The van der Waals surface area contributed by atoms with Gasteiger partial charge in [-0.2, -0.15) is 5.26 Å². The van der Waals surface area contributed by atoms with Crippen molar-refractivity contribution < 1.29 is 9.53 Å². The Kier molecular flexibility index (Phi) is 3.75. The molecule has 0 bridgehead atoms. The Morgan fingerprint density at radius 2 is 1.95 bits per heavy atom. The SMILES string of the molecule is CC(C)(C)OC(=O)N1CCCC12CCC(C#N)CC2. The fourth-order valence-corrected chi connectivity index (χ4v) is 3.34. The van der Waals surface area contributed by atoms with Crippen LogP contribution in [-0.2, 0) is 4.74 Å². The summed E-state index contributed by atoms with van der Waals surface area (Å²) < 4.78 is 5.52. The van der Waals surface area contributed by atoms with E-state index in [9.17, 15) is 4.79 Å². The largest absolute Gasteiger partial charge is 0.444 e. The van der Waals surface area contributed by atoms with Gasteiger partial charge in [-0.05, 0) is 59.3 Å². The summed E-state index contributed by atoms with van der Waals surface area (Å²) in [6.45, 7) is 6.51. The first-order chi connectivity index (χ1) is 8.86. The van der Waals surface area contributed by atoms with E-state index in [1.165, 1.54) is 0 Å². The van der Waals surface area contributed by atoms with Gasteiger partial charge in [0.1, 0.15) is 5.60 Å². The van der Waals surface area contributed by atoms with E-state index in [1.807, 2.05) is 25.7 Å². The van der Waals surface area contributed by atoms with Crippen molar-refractivity contribution in [2.75, 3.05) is 6.54 Å². The number of amides is 1. The number of nitriles is 1. The summed E-state index contributed by atoms with van der Waals surface area (Å²) in [6.07, 6.45) is 5.65. The predicted molar refractivity (Wildman–Crippen MR) is 72.5 cm³/mol. The summed E-state index contributed by atoms with van der Waals surface area (Å²) >= 11 is 0. The standard InChI is InChI=1S/C15H24N2O2/c1-14(2,3)19-13(18)17-10-4-7-15(17)8-5-12(11-16)6-9-15/h12H,4-10H2,1-3H3. The van der Waals surface area contributed by atoms with Gasteiger partial charge in [-0.25, -0.2) is 4.79 Å². The van der Waals surface area contributed by atoms with Crippen LogP contribution < -0.4 is 0 Å². The molecule has 4 heteroatoms. The van der Waals surface area contributed by atoms with Crippen molar-refractivity contribution >= 4 is 6.09 Å². The molecule has 1 heterocycles. The zero-order chi connectivity index (χ0) is 14.1. The van der Waals surface area contributed by atoms with Gasteiger partial charge < -0.3 is 9.64 Å². The molecule has 0 unspecified atom stereocenters. The van der Waals surface area contributed by atoms with Gasteiger partial charge in [-0.1, -0.05) is 0 Å². The highest BCUT2D eigenvalue weighted by atomic mass is 16.6. The lowest BCUT2D eigenvalue weighted by Gasteiger charge is -2.42. The quantitative estimate of drug-likeness (QED) is 0.673. The van der Waals surface area contributed by atoms with Crippen LogP contribution in [0.2, 0.25) is 0 Å². The van der Waals surface area contributed by atoms with E-state index in [0.717, 1.165) is 45.1 Å². The van der Waals surface area contributed by atoms with Crippen molar-refractivity contribution in [3.63, 3.8) is 0 Å². The molecule has 0 N–H and O–H groups in total. The highest BCUT2D eigenvalue weighted by Gasteiger charge is 2.46. The molecule has 1 spiro atoms. The first-order valence-corrected chi connectivity index (χ1v) is 7.27. The topological polar surface area (TPSA) is 53.3 Å². The number of carbonyl (C=O) groups excluding carboxylic acids is 1. The third-order valence-electron chi connectivity index (χ3n) is 4.31. The minimum Gasteiger partial charge on any atom is -0.444 e. The van der Waals surface area contributed by atoms with Crippen molar-refractivity contribution in [3.05, 3.63) is 0 Å². The highest BCUT2D eigenvalue weighted by Crippen LogP contribution is 2.43. The molecule has 0 aromatic heterocycles. The Morgan fingerprint density at radius 3 is 2.47 bits per heavy atom. The Balaban J connectivity index is 2.05. The Hall–Kier alpha value is -1.24. The first-order valence-electron chi connectivity index (χ1n) is 7.27. The Labute approximate surface area is 115 Å². The molecule has 19 heavy (non-hydrogen) atoms. The van der Waals surface area contributed by atoms with Gasteiger partial charge in [0.2, 0.25) is 0 Å². The monoisotopic (exact) mass is 264 g/mol. The molecule has 1 aliphatic carbocycles. The lowest BCUT2D eigenvalue weighted by atomic mass is 9.75. The Bertz CT molecular complexity index is 384. The average Bonchev–Trinajstić information content (AvgIpc) is 2.72. The summed E-state index contributed by atoms with van der Waals surface area (Å²) in [5.41, 5.74) is -0.472. The van der Waals surface area contributed by atoms with Crippen LogP contribution in [0.15, 0.2) is 0 Å². The van der Waals surface area contributed by atoms with Gasteiger partial charge in [0, 0.05) is 18.0 Å². The summed E-state index contributed by atoms with van der Waals surface area (Å²) in [5, 5.41) is 8.99. The molecular formula is C15H24N2O2. The van der Waals surface area contributed by atoms with Crippen molar-refractivity contribution in [1.82, 2.24) is 4.90 Å². The van der Waals surface area contributed by atoms with Crippen LogP contribution in [0.5, 0.6) is 0 Å². The van der Waals surface area contributed by atoms with Crippen LogP contribution in [-0.4, -0.2) is 28.7 Å². The average molecular weight is 264 g/mol. The summed E-state index contributed by atoms with van der Waals surface area (Å²) in [6, 6.07) is 2.36. The second-order valence-electron chi connectivity index (χ2n) is 6.86. The second-order valence-corrected chi connectivity index (χ2v) is 6.86. The molecule has 4 nitrogen and oxygen atoms in total. The summed E-state index contributed by atoms with van der Waals surface area (Å²) in [7, 11) is 0. The second kappa shape index (κ2) is 5.03. The molecule has 0 radical (unpaired) electrons. The molecule has 1 saturated heterocycles. The Morgan fingerprint density at radius 1 is 1.32 bits per heavy atom. The van der Waals surface area contributed by atoms with Crippen LogP contribution >= 0.6 is 0 Å². The molecule has 2 rings (SSSR count). The van der Waals surface area contributed by atoms with Gasteiger partial charge in [-0.15, -0.1) is 0 Å². The molecule has 0 atom stereocenters. The van der Waals surface area contributed by atoms with Gasteiger partial charge in [-0.3, -0.25) is 0 Å². The number of likely N-dealkylation sites (tertiary alicyclic amines) is 1. The number of ether oxygens (including phenoxy) is 1. The van der Waals surface area contributed by atoms with Crippen LogP contribution in [0.3, 0.4) is 0 Å². The minimum atomic E-state index is -0.440. The normalized spacial score (nSPS) is 31.3. The van der Waals surface area contributed by atoms with E-state index in [2.05, 4.69) is 6.07 Å². The number of hydrogen-bond donors (Lipinski definition) is 0. The maximum absolute atomic E-state index is 12.3. The van der Waals surface area contributed by atoms with Crippen LogP contribution in [0, 0.1) is 17.2 Å². The third-order valence-corrected chi connectivity index (χ3v) is 4.31. The fourth-order valence-electron chi connectivity index (χ4n) is 3.34. The lowest BCUT2D eigenvalue weighted by Crippen LogP contribution is -2.50. The molecule has 0 aromatic rings. The van der Waals surface area contributed by atoms with E-state index >= 15 is 0 Å². The molecule has 0 aromatic carbocycles. The van der Waals surface area contributed by atoms with Crippen molar-refractivity contribution in [3.8, 4) is 6.07 Å². The smallest absolute Gasteiger partial charge is 0.410 e. The molecule has 1 saturated carbocycles. The molecule has 2 aliphatic rings. The zero-order valence-corrected chi connectivity index (χ0v) is 12.2. The molecule has 1 amide bonds. The van der Waals surface area contributed by atoms with Crippen molar-refractivity contribution in [2.45, 2.75) is 70.4 Å². The van der Waals surface area contributed by atoms with Crippen molar-refractivity contribution in [1.29, 1.82) is 5.26 Å². The number of rotatable bonds is 0. The van der Waals surface area contributed by atoms with Gasteiger partial charge >= 0.3 is 6.09 Å². The minimum absolute atomic E-state index is 0.0321. The van der Waals surface area contributed by atoms with E-state index in [4.69, 9.17) is 10.00 Å². The molecular weight excluding hydrogens is 240 g/mol. The maximum Gasteiger partial charge on any atom is 0.410 e. The summed E-state index contributed by atoms with van der Waals surface area (Å²) in [4.78, 5) is 14.3.